The number of hydrogen-bond acceptors (Lipinski definition) is 0. The molecule has 0 aliphatic carbocycles. The summed E-state index contributed by atoms with van der Waals surface area (Å²) < 4.78 is 0.0720. The first-order chi connectivity index (χ1) is 9.30. The summed E-state index contributed by atoms with van der Waals surface area (Å²) in [6.45, 7) is 11.3. The molecule has 20 heavy (non-hydrogen) atoms. The van der Waals surface area contributed by atoms with E-state index in [9.17, 15) is 0 Å². The number of halogens is 1. The zero-order valence-electron chi connectivity index (χ0n) is 13.3. The van der Waals surface area contributed by atoms with Gasteiger partial charge in [-0.3, -0.25) is 0 Å². The van der Waals surface area contributed by atoms with E-state index in [0.29, 0.717) is 0 Å². The highest BCUT2D eigenvalue weighted by Crippen LogP contribution is 2.36. The minimum absolute atomic E-state index is 0.0720. The monoisotopic (exact) mass is 332 g/mol. The number of rotatable bonds is 4. The molecule has 2 aromatic rings. The molecular weight excluding hydrogens is 308 g/mol. The molecule has 0 spiro atoms. The topological polar surface area (TPSA) is 0 Å². The van der Waals surface area contributed by atoms with Crippen LogP contribution >= 0.6 is 15.9 Å². The van der Waals surface area contributed by atoms with Crippen LogP contribution in [-0.2, 0) is 9.74 Å². The van der Waals surface area contributed by atoms with Gasteiger partial charge in [-0.05, 0) is 53.1 Å². The van der Waals surface area contributed by atoms with Gasteiger partial charge in [-0.25, -0.2) is 0 Å². The normalized spacial score (nSPS) is 15.3. The van der Waals surface area contributed by atoms with Gasteiger partial charge >= 0.3 is 0 Å². The van der Waals surface area contributed by atoms with E-state index < -0.39 is 0 Å². The van der Waals surface area contributed by atoms with E-state index in [1.807, 2.05) is 0 Å². The highest BCUT2D eigenvalue weighted by Gasteiger charge is 2.21. The third kappa shape index (κ3) is 2.93. The molecule has 108 valence electrons. The summed E-state index contributed by atoms with van der Waals surface area (Å²) in [7, 11) is 0. The summed E-state index contributed by atoms with van der Waals surface area (Å²) in [6.07, 6.45) is 2.24. The second kappa shape index (κ2) is 5.52. The zero-order chi connectivity index (χ0) is 15.0. The van der Waals surface area contributed by atoms with Gasteiger partial charge in [-0.15, -0.1) is 0 Å². The van der Waals surface area contributed by atoms with E-state index in [2.05, 4.69) is 86.9 Å². The highest BCUT2D eigenvalue weighted by atomic mass is 79.9. The smallest absolute Gasteiger partial charge is 0.0475 e. The average Bonchev–Trinajstić information content (AvgIpc) is 2.46. The molecule has 1 heteroatoms. The highest BCUT2D eigenvalue weighted by molar-refractivity contribution is 9.09. The Balaban J connectivity index is 2.50. The lowest BCUT2D eigenvalue weighted by Crippen LogP contribution is -2.15. The van der Waals surface area contributed by atoms with E-state index in [1.165, 1.54) is 21.9 Å². The average molecular weight is 333 g/mol. The molecule has 0 amide bonds. The zero-order valence-corrected chi connectivity index (χ0v) is 14.8. The fourth-order valence-corrected chi connectivity index (χ4v) is 2.65. The molecule has 1 atom stereocenters. The van der Waals surface area contributed by atoms with Crippen molar-refractivity contribution in [1.29, 1.82) is 0 Å². The van der Waals surface area contributed by atoms with E-state index >= 15 is 0 Å². The van der Waals surface area contributed by atoms with Gasteiger partial charge in [0.1, 0.15) is 0 Å². The van der Waals surface area contributed by atoms with E-state index in [0.717, 1.165) is 12.8 Å². The van der Waals surface area contributed by atoms with Crippen LogP contribution in [0.25, 0.3) is 10.8 Å². The number of alkyl halides is 1. The molecule has 1 unspecified atom stereocenters. The maximum atomic E-state index is 3.83. The van der Waals surface area contributed by atoms with Crippen LogP contribution in [0.2, 0.25) is 0 Å². The van der Waals surface area contributed by atoms with Crippen LogP contribution in [0.5, 0.6) is 0 Å². The molecule has 0 aliphatic heterocycles. The molecule has 0 N–H and O–H groups in total. The van der Waals surface area contributed by atoms with Gasteiger partial charge in [0, 0.05) is 4.32 Å². The Morgan fingerprint density at radius 1 is 0.800 bits per heavy atom. The minimum atomic E-state index is 0.0720. The SMILES string of the molecule is CCC(C)(C)c1ccc2cc(C(C)(Br)CC)ccc2c1. The summed E-state index contributed by atoms with van der Waals surface area (Å²) in [5.74, 6) is 0. The number of fused-ring (bicyclic) bond motifs is 1. The minimum Gasteiger partial charge on any atom is -0.0804 e. The van der Waals surface area contributed by atoms with Crippen LogP contribution in [0.4, 0.5) is 0 Å². The van der Waals surface area contributed by atoms with Gasteiger partial charge in [-0.2, -0.15) is 0 Å². The third-order valence-corrected chi connectivity index (χ3v) is 5.79. The molecule has 0 bridgehead atoms. The molecule has 0 saturated heterocycles. The van der Waals surface area contributed by atoms with Crippen molar-refractivity contribution in [2.45, 2.75) is 57.2 Å². The lowest BCUT2D eigenvalue weighted by molar-refractivity contribution is 0.507. The Hall–Kier alpha value is -0.820. The second-order valence-electron chi connectivity index (χ2n) is 6.57. The first-order valence-corrected chi connectivity index (χ1v) is 8.33. The molecule has 0 aliphatic rings. The summed E-state index contributed by atoms with van der Waals surface area (Å²) in [4.78, 5) is 0. The van der Waals surface area contributed by atoms with Gasteiger partial charge < -0.3 is 0 Å². The first kappa shape index (κ1) is 15.6. The van der Waals surface area contributed by atoms with Crippen molar-refractivity contribution < 1.29 is 0 Å². The van der Waals surface area contributed by atoms with E-state index in [4.69, 9.17) is 0 Å². The Bertz CT molecular complexity index is 553. The molecule has 2 rings (SSSR count). The molecule has 0 heterocycles. The van der Waals surface area contributed by atoms with Crippen LogP contribution in [-0.4, -0.2) is 0 Å². The largest absolute Gasteiger partial charge is 0.0804 e. The quantitative estimate of drug-likeness (QED) is 0.557. The van der Waals surface area contributed by atoms with E-state index in [1.54, 1.807) is 0 Å². The predicted octanol–water partition coefficient (Wildman–Crippen LogP) is 6.55. The van der Waals surface area contributed by atoms with Crippen molar-refractivity contribution in [1.82, 2.24) is 0 Å². The predicted molar refractivity (Wildman–Crippen MR) is 93.8 cm³/mol. The standard InChI is InChI=1S/C19H25Br/c1-6-18(3,4)16-10-8-15-13-17(19(5,20)7-2)11-9-14(15)12-16/h8-13H,6-7H2,1-5H3. The van der Waals surface area contributed by atoms with Gasteiger partial charge in [0.05, 0.1) is 0 Å². The number of hydrogen-bond donors (Lipinski definition) is 0. The van der Waals surface area contributed by atoms with Crippen LogP contribution in [0.1, 0.15) is 58.6 Å². The molecular formula is C19H25Br. The summed E-state index contributed by atoms with van der Waals surface area (Å²) in [5.41, 5.74) is 3.03. The van der Waals surface area contributed by atoms with Crippen molar-refractivity contribution in [2.75, 3.05) is 0 Å². The Morgan fingerprint density at radius 2 is 1.30 bits per heavy atom. The van der Waals surface area contributed by atoms with Crippen molar-refractivity contribution in [3.63, 3.8) is 0 Å². The second-order valence-corrected chi connectivity index (χ2v) is 8.32. The lowest BCUT2D eigenvalue weighted by Gasteiger charge is -2.24. The summed E-state index contributed by atoms with van der Waals surface area (Å²) >= 11 is 3.83. The van der Waals surface area contributed by atoms with Gasteiger partial charge in [0.2, 0.25) is 0 Å². The van der Waals surface area contributed by atoms with Crippen molar-refractivity contribution in [3.8, 4) is 0 Å². The molecule has 0 aromatic heterocycles. The van der Waals surface area contributed by atoms with Crippen molar-refractivity contribution >= 4 is 26.7 Å². The van der Waals surface area contributed by atoms with Crippen molar-refractivity contribution in [3.05, 3.63) is 47.5 Å². The molecule has 0 radical (unpaired) electrons. The van der Waals surface area contributed by atoms with Gasteiger partial charge in [0.25, 0.3) is 0 Å². The molecule has 0 nitrogen and oxygen atoms in total. The molecule has 2 aromatic carbocycles. The van der Waals surface area contributed by atoms with Crippen LogP contribution in [0.15, 0.2) is 36.4 Å². The van der Waals surface area contributed by atoms with E-state index in [-0.39, 0.29) is 9.74 Å². The number of benzene rings is 2. The maximum absolute atomic E-state index is 3.83. The Kier molecular flexibility index (Phi) is 4.30. The summed E-state index contributed by atoms with van der Waals surface area (Å²) in [5, 5.41) is 2.67. The Morgan fingerprint density at radius 3 is 1.80 bits per heavy atom. The maximum Gasteiger partial charge on any atom is 0.0475 e. The first-order valence-electron chi connectivity index (χ1n) is 7.54. The lowest BCUT2D eigenvalue weighted by atomic mass is 9.81. The van der Waals surface area contributed by atoms with Crippen LogP contribution in [0.3, 0.4) is 0 Å². The fourth-order valence-electron chi connectivity index (χ4n) is 2.40. The molecule has 0 fully saturated rings. The van der Waals surface area contributed by atoms with Gasteiger partial charge in [0.15, 0.2) is 0 Å². The summed E-state index contributed by atoms with van der Waals surface area (Å²) in [6, 6.07) is 13.7. The van der Waals surface area contributed by atoms with Crippen LogP contribution < -0.4 is 0 Å². The van der Waals surface area contributed by atoms with Crippen LogP contribution in [0, 0.1) is 0 Å². The van der Waals surface area contributed by atoms with Gasteiger partial charge in [-0.1, -0.05) is 74.0 Å². The Labute approximate surface area is 131 Å². The third-order valence-electron chi connectivity index (χ3n) is 4.77. The fraction of sp³-hybridized carbons (Fsp3) is 0.474. The van der Waals surface area contributed by atoms with Crippen molar-refractivity contribution in [2.24, 2.45) is 0 Å². The molecule has 0 saturated carbocycles.